The third-order valence-electron chi connectivity index (χ3n) is 8.14. The maximum absolute atomic E-state index is 14.2. The number of aliphatic hydroxyl groups excluding tert-OH is 1. The number of nitrogens with one attached hydrogen (secondary N) is 1. The van der Waals surface area contributed by atoms with Gasteiger partial charge in [-0.15, -0.1) is 0 Å². The number of carbonyl (C=O) groups is 2. The number of halogens is 3. The first-order valence-corrected chi connectivity index (χ1v) is 17.2. The molecule has 0 spiro atoms. The molecule has 4 atom stereocenters. The summed E-state index contributed by atoms with van der Waals surface area (Å²) >= 11 is 0. The van der Waals surface area contributed by atoms with E-state index in [1.54, 1.807) is 32.0 Å². The Morgan fingerprint density at radius 1 is 1.15 bits per heavy atom. The number of rotatable bonds is 9. The van der Waals surface area contributed by atoms with Crippen molar-refractivity contribution in [2.45, 2.75) is 89.1 Å². The number of likely N-dealkylation sites (N-methyl/N-ethyl adjacent to an activating group) is 1. The van der Waals surface area contributed by atoms with E-state index < -0.39 is 58.9 Å². The molecule has 262 valence electrons. The normalized spacial score (nSPS) is 20.8. The van der Waals surface area contributed by atoms with Gasteiger partial charge in [-0.3, -0.25) is 14.3 Å². The maximum Gasteiger partial charge on any atom is 0.389 e. The zero-order chi connectivity index (χ0) is 34.9. The highest BCUT2D eigenvalue weighted by atomic mass is 32.2. The minimum Gasteiger partial charge on any atom is -0.490 e. The lowest BCUT2D eigenvalue weighted by atomic mass is 10.0. The number of aryl methyl sites for hydroxylation is 1. The number of fused-ring (bicyclic) bond motifs is 1. The van der Waals surface area contributed by atoms with Crippen molar-refractivity contribution in [3.05, 3.63) is 53.6 Å². The van der Waals surface area contributed by atoms with Crippen molar-refractivity contribution in [1.29, 1.82) is 0 Å². The first-order chi connectivity index (χ1) is 22.0. The Morgan fingerprint density at radius 3 is 2.47 bits per heavy atom. The van der Waals surface area contributed by atoms with Gasteiger partial charge in [0.25, 0.3) is 15.9 Å². The number of hydrogen-bond donors (Lipinski definition) is 2. The largest absolute Gasteiger partial charge is 0.490 e. The molecule has 2 N–H and O–H groups in total. The Bertz CT molecular complexity index is 1450. The average Bonchev–Trinajstić information content (AvgIpc) is 3.00. The Balaban J connectivity index is 1.95. The number of sulfonamides is 1. The fourth-order valence-corrected chi connectivity index (χ4v) is 6.24. The van der Waals surface area contributed by atoms with Crippen LogP contribution in [0.15, 0.2) is 47.4 Å². The quantitative estimate of drug-likeness (QED) is 0.363. The lowest BCUT2D eigenvalue weighted by molar-refractivity contribution is -0.149. The number of aliphatic hydroxyl groups is 1. The van der Waals surface area contributed by atoms with Crippen molar-refractivity contribution in [1.82, 2.24) is 9.80 Å². The molecule has 1 heterocycles. The predicted octanol–water partition coefficient (Wildman–Crippen LogP) is 5.39. The van der Waals surface area contributed by atoms with Crippen LogP contribution in [0.5, 0.6) is 5.75 Å². The van der Waals surface area contributed by atoms with Crippen LogP contribution in [-0.2, 0) is 19.6 Å². The summed E-state index contributed by atoms with van der Waals surface area (Å²) in [5, 5.41) is 10.1. The zero-order valence-electron chi connectivity index (χ0n) is 27.5. The molecule has 0 saturated heterocycles. The number of benzene rings is 2. The van der Waals surface area contributed by atoms with E-state index in [1.807, 2.05) is 13.8 Å². The lowest BCUT2D eigenvalue weighted by Gasteiger charge is -2.36. The van der Waals surface area contributed by atoms with E-state index in [-0.39, 0.29) is 47.7 Å². The summed E-state index contributed by atoms with van der Waals surface area (Å²) in [6.45, 7) is 7.18. The van der Waals surface area contributed by atoms with Gasteiger partial charge in [0.15, 0.2) is 0 Å². The number of carbonyl (C=O) groups excluding carboxylic acids is 2. The summed E-state index contributed by atoms with van der Waals surface area (Å²) in [5.74, 6) is -1.36. The van der Waals surface area contributed by atoms with E-state index in [2.05, 4.69) is 4.72 Å². The second-order valence-corrected chi connectivity index (χ2v) is 14.0. The van der Waals surface area contributed by atoms with Crippen molar-refractivity contribution < 1.29 is 45.8 Å². The third kappa shape index (κ3) is 11.4. The number of nitrogens with zero attached hydrogens (tertiary/aromatic N) is 2. The van der Waals surface area contributed by atoms with E-state index in [0.29, 0.717) is 25.9 Å². The molecule has 1 aliphatic heterocycles. The molecule has 2 aromatic carbocycles. The predicted molar refractivity (Wildman–Crippen MR) is 172 cm³/mol. The van der Waals surface area contributed by atoms with Gasteiger partial charge in [0.2, 0.25) is 5.91 Å². The van der Waals surface area contributed by atoms with Crippen LogP contribution in [0.1, 0.15) is 68.8 Å². The summed E-state index contributed by atoms with van der Waals surface area (Å²) in [6.07, 6.45) is -5.31. The van der Waals surface area contributed by atoms with Crippen molar-refractivity contribution >= 4 is 27.5 Å². The molecule has 2 aromatic rings. The highest BCUT2D eigenvalue weighted by Crippen LogP contribution is 2.30. The summed E-state index contributed by atoms with van der Waals surface area (Å²) < 4.78 is 79.4. The van der Waals surface area contributed by atoms with Gasteiger partial charge in [-0.2, -0.15) is 13.2 Å². The lowest BCUT2D eigenvalue weighted by Crippen LogP contribution is -2.48. The first kappa shape index (κ1) is 38.1. The van der Waals surface area contributed by atoms with E-state index >= 15 is 0 Å². The van der Waals surface area contributed by atoms with E-state index in [9.17, 15) is 36.3 Å². The Morgan fingerprint density at radius 2 is 1.83 bits per heavy atom. The number of anilines is 1. The molecule has 2 amide bonds. The highest BCUT2D eigenvalue weighted by Gasteiger charge is 2.32. The summed E-state index contributed by atoms with van der Waals surface area (Å²) in [5.41, 5.74) is 1.12. The summed E-state index contributed by atoms with van der Waals surface area (Å²) in [4.78, 5) is 29.5. The van der Waals surface area contributed by atoms with Gasteiger partial charge in [-0.05, 0) is 70.4 Å². The monoisotopic (exact) mass is 685 g/mol. The van der Waals surface area contributed by atoms with Crippen LogP contribution in [-0.4, -0.2) is 92.9 Å². The van der Waals surface area contributed by atoms with Crippen LogP contribution in [0.25, 0.3) is 0 Å². The van der Waals surface area contributed by atoms with Crippen molar-refractivity contribution in [2.75, 3.05) is 38.1 Å². The van der Waals surface area contributed by atoms with Crippen molar-refractivity contribution in [2.24, 2.45) is 5.92 Å². The fourth-order valence-electron chi connectivity index (χ4n) is 5.19. The second-order valence-electron chi connectivity index (χ2n) is 12.3. The number of ether oxygens (including phenoxy) is 2. The minimum atomic E-state index is -4.46. The molecule has 3 rings (SSSR count). The summed E-state index contributed by atoms with van der Waals surface area (Å²) in [7, 11) is -2.56. The van der Waals surface area contributed by atoms with Crippen LogP contribution in [0.4, 0.5) is 18.9 Å². The standard InChI is InChI=1S/C33H46F3N3O7S/c1-22-9-12-27(13-10-22)47(43,44)37-26-11-14-29-28(18-26)32(42)39(24(3)21-40)19-23(2)30(45-17-7-6-8-25(4)46-29)20-38(5)31(41)15-16-33(34,35)36/h9-14,18,23-25,30,37,40H,6-8,15-17,19-21H2,1-5H3/t23-,24+,25+,30-/m1/s1. The molecule has 0 fully saturated rings. The Hall–Kier alpha value is -3.36. The van der Waals surface area contributed by atoms with E-state index in [4.69, 9.17) is 9.47 Å². The first-order valence-electron chi connectivity index (χ1n) is 15.7. The molecular weight excluding hydrogens is 639 g/mol. The molecule has 0 radical (unpaired) electrons. The number of alkyl halides is 3. The van der Waals surface area contributed by atoms with Crippen molar-refractivity contribution in [3.63, 3.8) is 0 Å². The van der Waals surface area contributed by atoms with Gasteiger partial charge in [0.05, 0.1) is 41.7 Å². The van der Waals surface area contributed by atoms with Gasteiger partial charge < -0.3 is 24.4 Å². The van der Waals surface area contributed by atoms with Gasteiger partial charge in [0.1, 0.15) is 5.75 Å². The smallest absolute Gasteiger partial charge is 0.389 e. The maximum atomic E-state index is 14.2. The molecule has 14 heteroatoms. The minimum absolute atomic E-state index is 0.00837. The molecule has 0 saturated carbocycles. The zero-order valence-corrected chi connectivity index (χ0v) is 28.4. The molecule has 0 unspecified atom stereocenters. The van der Waals surface area contributed by atoms with Crippen LogP contribution >= 0.6 is 0 Å². The van der Waals surface area contributed by atoms with Gasteiger partial charge in [-0.25, -0.2) is 8.42 Å². The molecular formula is C33H46F3N3O7S. The van der Waals surface area contributed by atoms with Gasteiger partial charge >= 0.3 is 6.18 Å². The average molecular weight is 686 g/mol. The molecule has 0 aromatic heterocycles. The third-order valence-corrected chi connectivity index (χ3v) is 9.53. The summed E-state index contributed by atoms with van der Waals surface area (Å²) in [6, 6.07) is 10.1. The van der Waals surface area contributed by atoms with Gasteiger partial charge in [0, 0.05) is 44.8 Å². The van der Waals surface area contributed by atoms with Gasteiger partial charge in [-0.1, -0.05) is 24.6 Å². The van der Waals surface area contributed by atoms with Crippen LogP contribution in [0.2, 0.25) is 0 Å². The van der Waals surface area contributed by atoms with E-state index in [0.717, 1.165) is 5.56 Å². The Labute approximate surface area is 275 Å². The number of hydrogen-bond acceptors (Lipinski definition) is 7. The van der Waals surface area contributed by atoms with Crippen LogP contribution < -0.4 is 9.46 Å². The molecule has 0 bridgehead atoms. The molecule has 10 nitrogen and oxygen atoms in total. The molecule has 0 aliphatic carbocycles. The molecule has 1 aliphatic rings. The van der Waals surface area contributed by atoms with Crippen LogP contribution in [0, 0.1) is 12.8 Å². The fraction of sp³-hybridized carbons (Fsp3) is 0.576. The van der Waals surface area contributed by atoms with Crippen molar-refractivity contribution in [3.8, 4) is 5.75 Å². The topological polar surface area (TPSA) is 125 Å². The van der Waals surface area contributed by atoms with Crippen LogP contribution in [0.3, 0.4) is 0 Å². The second kappa shape index (κ2) is 16.6. The van der Waals surface area contributed by atoms with E-state index in [1.165, 1.54) is 41.1 Å². The Kier molecular flexibility index (Phi) is 13.5. The SMILES string of the molecule is Cc1ccc(S(=O)(=O)Nc2ccc3c(c2)C(=O)N([C@@H](C)CO)C[C@@H](C)[C@@H](CN(C)C(=O)CCC(F)(F)F)OCCCC[C@H](C)O3)cc1. The molecule has 47 heavy (non-hydrogen) atoms. The highest BCUT2D eigenvalue weighted by molar-refractivity contribution is 7.92. The number of amides is 2.